The summed E-state index contributed by atoms with van der Waals surface area (Å²) in [4.78, 5) is 12.1. The van der Waals surface area contributed by atoms with Crippen LogP contribution in [-0.2, 0) is 4.79 Å². The Morgan fingerprint density at radius 3 is 2.69 bits per heavy atom. The minimum Gasteiger partial charge on any atom is -0.396 e. The van der Waals surface area contributed by atoms with Crippen LogP contribution in [0.3, 0.4) is 0 Å². The normalized spacial score (nSPS) is 28.5. The molecule has 1 aliphatic heterocycles. The first-order valence-corrected chi connectivity index (χ1v) is 4.27. The van der Waals surface area contributed by atoms with Gasteiger partial charge in [-0.15, -0.1) is 0 Å². The molecule has 1 aliphatic rings. The van der Waals surface area contributed by atoms with Crippen molar-refractivity contribution in [2.45, 2.75) is 25.8 Å². The fourth-order valence-electron chi connectivity index (χ4n) is 1.68. The number of hydrogen-bond acceptors (Lipinski definition) is 2. The molecule has 1 rings (SSSR count). The van der Waals surface area contributed by atoms with Gasteiger partial charge in [0.25, 0.3) is 5.91 Å². The predicted molar refractivity (Wildman–Crippen MR) is 42.4 cm³/mol. The lowest BCUT2D eigenvalue weighted by atomic mass is 10.0. The average molecular weight is 193 g/mol. The van der Waals surface area contributed by atoms with E-state index in [2.05, 4.69) is 0 Å². The molecule has 0 saturated carbocycles. The fraction of sp³-hybridized carbons (Fsp3) is 0.875. The Morgan fingerprint density at radius 1 is 1.69 bits per heavy atom. The second-order valence-electron chi connectivity index (χ2n) is 3.30. The van der Waals surface area contributed by atoms with Crippen molar-refractivity contribution in [3.63, 3.8) is 0 Å². The van der Waals surface area contributed by atoms with Crippen molar-refractivity contribution in [3.05, 3.63) is 0 Å². The van der Waals surface area contributed by atoms with E-state index in [4.69, 9.17) is 5.11 Å². The number of carbonyl (C=O) groups excluding carboxylic acids is 1. The summed E-state index contributed by atoms with van der Waals surface area (Å²) in [6, 6.07) is -0.272. The van der Waals surface area contributed by atoms with Gasteiger partial charge in [-0.05, 0) is 13.3 Å². The number of aliphatic hydroxyl groups excluding tert-OH is 1. The monoisotopic (exact) mass is 193 g/mol. The molecule has 0 aliphatic carbocycles. The molecule has 0 aromatic rings. The van der Waals surface area contributed by atoms with E-state index < -0.39 is 12.3 Å². The zero-order chi connectivity index (χ0) is 10.0. The quantitative estimate of drug-likeness (QED) is 0.693. The number of carbonyl (C=O) groups is 1. The van der Waals surface area contributed by atoms with E-state index >= 15 is 0 Å². The van der Waals surface area contributed by atoms with Gasteiger partial charge in [0, 0.05) is 25.1 Å². The highest BCUT2D eigenvalue weighted by atomic mass is 19.3. The third-order valence-corrected chi connectivity index (χ3v) is 2.62. The van der Waals surface area contributed by atoms with Crippen LogP contribution in [0.5, 0.6) is 0 Å². The zero-order valence-electron chi connectivity index (χ0n) is 7.41. The van der Waals surface area contributed by atoms with Gasteiger partial charge in [0.15, 0.2) is 0 Å². The lowest BCUT2D eigenvalue weighted by Crippen LogP contribution is -2.40. The zero-order valence-corrected chi connectivity index (χ0v) is 7.41. The minimum absolute atomic E-state index is 0.0474. The maximum absolute atomic E-state index is 12.0. The highest BCUT2D eigenvalue weighted by molar-refractivity contribution is 5.79. The Morgan fingerprint density at radius 2 is 2.31 bits per heavy atom. The SMILES string of the molecule is CC1C(CO)CCN1C(=O)C(F)F. The molecule has 0 aromatic carbocycles. The molecule has 5 heteroatoms. The van der Waals surface area contributed by atoms with Crippen LogP contribution < -0.4 is 0 Å². The van der Waals surface area contributed by atoms with Crippen LogP contribution in [0.2, 0.25) is 0 Å². The molecule has 0 bridgehead atoms. The second kappa shape index (κ2) is 4.00. The molecule has 76 valence electrons. The molecule has 3 nitrogen and oxygen atoms in total. The summed E-state index contributed by atoms with van der Waals surface area (Å²) >= 11 is 0. The third kappa shape index (κ3) is 1.96. The Labute approximate surface area is 75.3 Å². The van der Waals surface area contributed by atoms with E-state index in [1.807, 2.05) is 0 Å². The summed E-state index contributed by atoms with van der Waals surface area (Å²) in [5.74, 6) is -1.17. The molecule has 0 aromatic heterocycles. The Kier molecular flexibility index (Phi) is 3.19. The van der Waals surface area contributed by atoms with Crippen LogP contribution in [0.25, 0.3) is 0 Å². The number of rotatable bonds is 2. The van der Waals surface area contributed by atoms with Crippen LogP contribution in [-0.4, -0.2) is 41.5 Å². The van der Waals surface area contributed by atoms with Crippen molar-refractivity contribution in [1.82, 2.24) is 4.90 Å². The van der Waals surface area contributed by atoms with Crippen molar-refractivity contribution in [3.8, 4) is 0 Å². The topological polar surface area (TPSA) is 40.5 Å². The van der Waals surface area contributed by atoms with Crippen LogP contribution in [0.1, 0.15) is 13.3 Å². The van der Waals surface area contributed by atoms with Gasteiger partial charge < -0.3 is 10.0 Å². The maximum Gasteiger partial charge on any atom is 0.315 e. The highest BCUT2D eigenvalue weighted by Gasteiger charge is 2.36. The summed E-state index contributed by atoms with van der Waals surface area (Å²) in [5.41, 5.74) is 0. The van der Waals surface area contributed by atoms with Crippen LogP contribution in [0.15, 0.2) is 0 Å². The smallest absolute Gasteiger partial charge is 0.315 e. The molecule has 0 spiro atoms. The maximum atomic E-state index is 12.0. The van der Waals surface area contributed by atoms with Crippen molar-refractivity contribution in [2.24, 2.45) is 5.92 Å². The first-order valence-electron chi connectivity index (χ1n) is 4.27. The predicted octanol–water partition coefficient (Wildman–Crippen LogP) is 0.481. The largest absolute Gasteiger partial charge is 0.396 e. The van der Waals surface area contributed by atoms with Gasteiger partial charge in [0.1, 0.15) is 0 Å². The van der Waals surface area contributed by atoms with Gasteiger partial charge in [-0.2, -0.15) is 8.78 Å². The molecule has 1 fully saturated rings. The molecule has 13 heavy (non-hydrogen) atoms. The van der Waals surface area contributed by atoms with Gasteiger partial charge in [-0.1, -0.05) is 0 Å². The molecule has 2 unspecified atom stereocenters. The summed E-state index contributed by atoms with van der Waals surface area (Å²) in [5, 5.41) is 8.85. The number of nitrogens with zero attached hydrogens (tertiary/aromatic N) is 1. The Hall–Kier alpha value is -0.710. The summed E-state index contributed by atoms with van der Waals surface area (Å²) in [6.45, 7) is 1.97. The van der Waals surface area contributed by atoms with E-state index in [0.29, 0.717) is 13.0 Å². The lowest BCUT2D eigenvalue weighted by Gasteiger charge is -2.23. The average Bonchev–Trinajstić information content (AvgIpc) is 2.45. The molecule has 2 atom stereocenters. The van der Waals surface area contributed by atoms with E-state index in [1.54, 1.807) is 6.92 Å². The number of amides is 1. The van der Waals surface area contributed by atoms with Crippen molar-refractivity contribution >= 4 is 5.91 Å². The highest BCUT2D eigenvalue weighted by Crippen LogP contribution is 2.24. The van der Waals surface area contributed by atoms with E-state index in [1.165, 1.54) is 0 Å². The number of halogens is 2. The standard InChI is InChI=1S/C8H13F2NO2/c1-5-6(4-12)2-3-11(5)8(13)7(9)10/h5-7,12H,2-4H2,1H3. The molecular weight excluding hydrogens is 180 g/mol. The Balaban J connectivity index is 2.59. The van der Waals surface area contributed by atoms with Crippen LogP contribution in [0, 0.1) is 5.92 Å². The number of likely N-dealkylation sites (tertiary alicyclic amines) is 1. The molecule has 1 saturated heterocycles. The fourth-order valence-corrected chi connectivity index (χ4v) is 1.68. The summed E-state index contributed by atoms with van der Waals surface area (Å²) in [7, 11) is 0. The van der Waals surface area contributed by atoms with Crippen molar-refractivity contribution < 1.29 is 18.7 Å². The van der Waals surface area contributed by atoms with E-state index in [9.17, 15) is 13.6 Å². The van der Waals surface area contributed by atoms with Gasteiger partial charge in [-0.25, -0.2) is 0 Å². The van der Waals surface area contributed by atoms with Gasteiger partial charge in [0.05, 0.1) is 0 Å². The first kappa shape index (κ1) is 10.4. The van der Waals surface area contributed by atoms with Gasteiger partial charge in [-0.3, -0.25) is 4.79 Å². The number of aliphatic hydroxyl groups is 1. The molecular formula is C8H13F2NO2. The summed E-state index contributed by atoms with van der Waals surface area (Å²) < 4.78 is 24.1. The number of hydrogen-bond donors (Lipinski definition) is 1. The van der Waals surface area contributed by atoms with Gasteiger partial charge >= 0.3 is 6.43 Å². The lowest BCUT2D eigenvalue weighted by molar-refractivity contribution is -0.143. The minimum atomic E-state index is -2.93. The summed E-state index contributed by atoms with van der Waals surface area (Å²) in [6.07, 6.45) is -2.32. The van der Waals surface area contributed by atoms with Gasteiger partial charge in [0.2, 0.25) is 0 Å². The number of alkyl halides is 2. The Bertz CT molecular complexity index is 199. The molecule has 0 radical (unpaired) electrons. The van der Waals surface area contributed by atoms with E-state index in [-0.39, 0.29) is 18.6 Å². The molecule has 1 heterocycles. The molecule has 1 N–H and O–H groups in total. The second-order valence-corrected chi connectivity index (χ2v) is 3.30. The van der Waals surface area contributed by atoms with E-state index in [0.717, 1.165) is 4.90 Å². The first-order chi connectivity index (χ1) is 6.07. The van der Waals surface area contributed by atoms with Crippen molar-refractivity contribution in [2.75, 3.05) is 13.2 Å². The van der Waals surface area contributed by atoms with Crippen molar-refractivity contribution in [1.29, 1.82) is 0 Å². The molecule has 1 amide bonds. The van der Waals surface area contributed by atoms with Crippen LogP contribution >= 0.6 is 0 Å². The van der Waals surface area contributed by atoms with Crippen LogP contribution in [0.4, 0.5) is 8.78 Å². The third-order valence-electron chi connectivity index (χ3n) is 2.62.